The van der Waals surface area contributed by atoms with Crippen LogP contribution < -0.4 is 4.80 Å². The van der Waals surface area contributed by atoms with Gasteiger partial charge in [0.15, 0.2) is 4.80 Å². The topological polar surface area (TPSA) is 52.8 Å². The van der Waals surface area contributed by atoms with Crippen LogP contribution in [-0.4, -0.2) is 37.4 Å². The molecule has 0 aromatic carbocycles. The van der Waals surface area contributed by atoms with Crippen molar-refractivity contribution in [3.05, 3.63) is 15.4 Å². The van der Waals surface area contributed by atoms with Crippen LogP contribution in [0.3, 0.4) is 0 Å². The molecule has 1 heterocycles. The summed E-state index contributed by atoms with van der Waals surface area (Å²) in [5, 5.41) is 0. The Balaban J connectivity index is 1.53. The van der Waals surface area contributed by atoms with E-state index in [-0.39, 0.29) is 11.3 Å². The minimum atomic E-state index is -0.159. The van der Waals surface area contributed by atoms with Gasteiger partial charge in [-0.1, -0.05) is 0 Å². The number of thiazole rings is 1. The Morgan fingerprint density at radius 1 is 1.11 bits per heavy atom. The van der Waals surface area contributed by atoms with E-state index in [1.165, 1.54) is 29.8 Å². The van der Waals surface area contributed by atoms with Crippen molar-refractivity contribution in [3.63, 3.8) is 0 Å². The maximum absolute atomic E-state index is 13.3. The molecular formula is C21H32N2O3S. The highest BCUT2D eigenvalue weighted by molar-refractivity contribution is 7.09. The number of carbonyl (C=O) groups is 1. The van der Waals surface area contributed by atoms with Crippen LogP contribution in [0, 0.1) is 37.0 Å². The predicted octanol–water partition coefficient (Wildman–Crippen LogP) is 3.47. The predicted molar refractivity (Wildman–Crippen MR) is 106 cm³/mol. The SMILES string of the molecule is COCCOCCn1c(C)c(C)sc1=NC(=O)C12CC3CC(CC(C3)C1)C2. The minimum absolute atomic E-state index is 0.150. The van der Waals surface area contributed by atoms with E-state index in [1.807, 2.05) is 0 Å². The molecule has 5 rings (SSSR count). The van der Waals surface area contributed by atoms with Crippen LogP contribution in [0.25, 0.3) is 0 Å². The molecule has 1 amide bonds. The summed E-state index contributed by atoms with van der Waals surface area (Å²) in [6.07, 6.45) is 7.27. The first-order chi connectivity index (χ1) is 13.0. The van der Waals surface area contributed by atoms with Crippen LogP contribution >= 0.6 is 11.3 Å². The van der Waals surface area contributed by atoms with Crippen molar-refractivity contribution >= 4 is 17.2 Å². The van der Waals surface area contributed by atoms with Crippen LogP contribution in [0.4, 0.5) is 0 Å². The van der Waals surface area contributed by atoms with Gasteiger partial charge in [-0.05, 0) is 70.1 Å². The zero-order chi connectivity index (χ0) is 19.0. The lowest BCUT2D eigenvalue weighted by atomic mass is 9.49. The maximum Gasteiger partial charge on any atom is 0.254 e. The first kappa shape index (κ1) is 19.3. The average molecular weight is 393 g/mol. The Labute approximate surface area is 165 Å². The summed E-state index contributed by atoms with van der Waals surface area (Å²) in [6, 6.07) is 0. The second-order valence-electron chi connectivity index (χ2n) is 8.90. The van der Waals surface area contributed by atoms with Gasteiger partial charge in [0, 0.05) is 24.2 Å². The van der Waals surface area contributed by atoms with Gasteiger partial charge in [0.25, 0.3) is 5.91 Å². The normalized spacial score (nSPS) is 32.4. The summed E-state index contributed by atoms with van der Waals surface area (Å²) in [5.74, 6) is 2.45. The van der Waals surface area contributed by atoms with E-state index < -0.39 is 0 Å². The highest BCUT2D eigenvalue weighted by atomic mass is 32.1. The van der Waals surface area contributed by atoms with Gasteiger partial charge >= 0.3 is 0 Å². The smallest absolute Gasteiger partial charge is 0.254 e. The summed E-state index contributed by atoms with van der Waals surface area (Å²) in [5.41, 5.74) is 1.03. The van der Waals surface area contributed by atoms with E-state index >= 15 is 0 Å². The van der Waals surface area contributed by atoms with Crippen LogP contribution in [0.1, 0.15) is 49.1 Å². The first-order valence-electron chi connectivity index (χ1n) is 10.3. The van der Waals surface area contributed by atoms with Gasteiger partial charge < -0.3 is 14.0 Å². The molecule has 4 bridgehead atoms. The number of aromatic nitrogens is 1. The third-order valence-corrected chi connectivity index (χ3v) is 8.07. The summed E-state index contributed by atoms with van der Waals surface area (Å²) in [6.45, 7) is 6.75. The summed E-state index contributed by atoms with van der Waals surface area (Å²) in [4.78, 5) is 20.1. The fourth-order valence-corrected chi connectivity index (χ4v) is 6.92. The molecule has 150 valence electrons. The van der Waals surface area contributed by atoms with Gasteiger partial charge in [-0.25, -0.2) is 0 Å². The van der Waals surface area contributed by atoms with Crippen molar-refractivity contribution in [1.82, 2.24) is 4.57 Å². The van der Waals surface area contributed by atoms with E-state index in [0.717, 1.165) is 48.4 Å². The van der Waals surface area contributed by atoms with E-state index in [9.17, 15) is 4.79 Å². The molecule has 0 N–H and O–H groups in total. The fraction of sp³-hybridized carbons (Fsp3) is 0.810. The number of carbonyl (C=O) groups excluding carboxylic acids is 1. The number of aryl methyl sites for hydroxylation is 1. The number of methoxy groups -OCH3 is 1. The van der Waals surface area contributed by atoms with Gasteiger partial charge in [-0.3, -0.25) is 4.79 Å². The first-order valence-corrected chi connectivity index (χ1v) is 11.1. The Hall–Kier alpha value is -0.980. The minimum Gasteiger partial charge on any atom is -0.382 e. The van der Waals surface area contributed by atoms with Crippen molar-refractivity contribution in [2.24, 2.45) is 28.2 Å². The second-order valence-corrected chi connectivity index (χ2v) is 10.1. The largest absolute Gasteiger partial charge is 0.382 e. The van der Waals surface area contributed by atoms with E-state index in [2.05, 4.69) is 18.4 Å². The molecule has 27 heavy (non-hydrogen) atoms. The molecule has 1 aromatic heterocycles. The van der Waals surface area contributed by atoms with Gasteiger partial charge in [0.05, 0.1) is 25.2 Å². The summed E-state index contributed by atoms with van der Waals surface area (Å²) >= 11 is 1.64. The number of nitrogens with zero attached hydrogens (tertiary/aromatic N) is 2. The molecular weight excluding hydrogens is 360 g/mol. The molecule has 5 nitrogen and oxygen atoms in total. The van der Waals surface area contributed by atoms with E-state index in [4.69, 9.17) is 14.5 Å². The molecule has 0 spiro atoms. The third-order valence-electron chi connectivity index (χ3n) is 6.97. The lowest BCUT2D eigenvalue weighted by molar-refractivity contribution is -0.142. The zero-order valence-corrected chi connectivity index (χ0v) is 17.6. The lowest BCUT2D eigenvalue weighted by Gasteiger charge is -2.55. The van der Waals surface area contributed by atoms with Gasteiger partial charge in [-0.2, -0.15) is 4.99 Å². The molecule has 0 aliphatic heterocycles. The number of amides is 1. The lowest BCUT2D eigenvalue weighted by Crippen LogP contribution is -2.50. The number of ether oxygens (including phenoxy) is 2. The van der Waals surface area contributed by atoms with Crippen LogP contribution in [0.15, 0.2) is 4.99 Å². The number of hydrogen-bond acceptors (Lipinski definition) is 4. The Morgan fingerprint density at radius 2 is 1.74 bits per heavy atom. The Kier molecular flexibility index (Phi) is 5.59. The molecule has 0 radical (unpaired) electrons. The molecule has 1 aromatic rings. The standard InChI is InChI=1S/C21H32N2O3S/c1-14-15(2)27-20(23(14)4-5-26-7-6-25-3)22-19(24)21-11-16-8-17(12-21)10-18(9-16)13-21/h16-18H,4-13H2,1-3H3. The number of hydrogen-bond donors (Lipinski definition) is 0. The molecule has 6 heteroatoms. The molecule has 0 saturated heterocycles. The van der Waals surface area contributed by atoms with Gasteiger partial charge in [-0.15, -0.1) is 11.3 Å². The Bertz CT molecular complexity index is 729. The summed E-state index contributed by atoms with van der Waals surface area (Å²) < 4.78 is 12.8. The van der Waals surface area contributed by atoms with Crippen LogP contribution in [0.2, 0.25) is 0 Å². The second kappa shape index (κ2) is 7.80. The van der Waals surface area contributed by atoms with Gasteiger partial charge in [0.1, 0.15) is 0 Å². The molecule has 4 aliphatic carbocycles. The molecule has 0 unspecified atom stereocenters. The van der Waals surface area contributed by atoms with E-state index in [1.54, 1.807) is 18.4 Å². The zero-order valence-electron chi connectivity index (χ0n) is 16.8. The van der Waals surface area contributed by atoms with Crippen molar-refractivity contribution in [1.29, 1.82) is 0 Å². The monoisotopic (exact) mass is 392 g/mol. The average Bonchev–Trinajstić information content (AvgIpc) is 2.87. The number of rotatable bonds is 7. The summed E-state index contributed by atoms with van der Waals surface area (Å²) in [7, 11) is 1.68. The van der Waals surface area contributed by atoms with E-state index in [0.29, 0.717) is 19.8 Å². The molecule has 4 aliphatic rings. The van der Waals surface area contributed by atoms with Crippen molar-refractivity contribution in [2.45, 2.75) is 58.9 Å². The van der Waals surface area contributed by atoms with Crippen molar-refractivity contribution < 1.29 is 14.3 Å². The molecule has 4 fully saturated rings. The highest BCUT2D eigenvalue weighted by Gasteiger charge is 2.54. The molecule has 0 atom stereocenters. The molecule has 4 saturated carbocycles. The Morgan fingerprint density at radius 3 is 2.33 bits per heavy atom. The maximum atomic E-state index is 13.3. The third kappa shape index (κ3) is 3.81. The van der Waals surface area contributed by atoms with Gasteiger partial charge in [0.2, 0.25) is 0 Å². The van der Waals surface area contributed by atoms with Crippen LogP contribution in [0.5, 0.6) is 0 Å². The van der Waals surface area contributed by atoms with Crippen molar-refractivity contribution in [3.8, 4) is 0 Å². The fourth-order valence-electron chi connectivity index (χ4n) is 5.92. The van der Waals surface area contributed by atoms with Crippen molar-refractivity contribution in [2.75, 3.05) is 26.9 Å². The van der Waals surface area contributed by atoms with Crippen LogP contribution in [-0.2, 0) is 20.8 Å². The highest BCUT2D eigenvalue weighted by Crippen LogP contribution is 2.60. The quantitative estimate of drug-likeness (QED) is 0.668.